The van der Waals surface area contributed by atoms with Crippen LogP contribution in [0.5, 0.6) is 0 Å². The van der Waals surface area contributed by atoms with Gasteiger partial charge in [-0.25, -0.2) is 4.68 Å². The highest BCUT2D eigenvalue weighted by Gasteiger charge is 2.12. The molecule has 2 aromatic carbocycles. The highest BCUT2D eigenvalue weighted by atomic mass is 16.5. The van der Waals surface area contributed by atoms with Gasteiger partial charge in [-0.05, 0) is 47.5 Å². The summed E-state index contributed by atoms with van der Waals surface area (Å²) >= 11 is 0. The largest absolute Gasteiger partial charge is 0.389 e. The van der Waals surface area contributed by atoms with Gasteiger partial charge in [0.05, 0.1) is 24.5 Å². The van der Waals surface area contributed by atoms with E-state index in [0.29, 0.717) is 6.54 Å². The van der Waals surface area contributed by atoms with E-state index in [1.54, 1.807) is 11.0 Å². The van der Waals surface area contributed by atoms with Crippen molar-refractivity contribution in [3.63, 3.8) is 0 Å². The number of nitrogens with one attached hydrogen (secondary N) is 1. The first kappa shape index (κ1) is 19.2. The van der Waals surface area contributed by atoms with Crippen LogP contribution in [-0.4, -0.2) is 44.6 Å². The number of aliphatic hydroxyl groups excluding tert-OH is 1. The summed E-state index contributed by atoms with van der Waals surface area (Å²) < 4.78 is 7.38. The van der Waals surface area contributed by atoms with E-state index in [9.17, 15) is 5.11 Å². The lowest BCUT2D eigenvalue weighted by molar-refractivity contribution is -0.00276. The van der Waals surface area contributed by atoms with Crippen LogP contribution in [0.25, 0.3) is 5.69 Å². The lowest BCUT2D eigenvalue weighted by atomic mass is 10.1. The molecule has 2 N–H and O–H groups in total. The molecule has 0 saturated heterocycles. The fraction of sp³-hybridized carbons (Fsp3) is 0.350. The topological polar surface area (TPSA) is 85.1 Å². The van der Waals surface area contributed by atoms with Gasteiger partial charge in [-0.15, -0.1) is 5.10 Å². The number of hydrogen-bond acceptors (Lipinski definition) is 6. The fourth-order valence-corrected chi connectivity index (χ4v) is 2.76. The quantitative estimate of drug-likeness (QED) is 0.604. The molecule has 3 atom stereocenters. The highest BCUT2D eigenvalue weighted by molar-refractivity contribution is 5.34. The molecule has 0 aliphatic heterocycles. The summed E-state index contributed by atoms with van der Waals surface area (Å²) in [6, 6.07) is 18.1. The van der Waals surface area contributed by atoms with Crippen LogP contribution >= 0.6 is 0 Å². The number of nitrogens with zero attached hydrogens (tertiary/aromatic N) is 4. The first-order valence-corrected chi connectivity index (χ1v) is 9.05. The van der Waals surface area contributed by atoms with Crippen LogP contribution < -0.4 is 5.32 Å². The lowest BCUT2D eigenvalue weighted by Gasteiger charge is -2.20. The van der Waals surface area contributed by atoms with Crippen molar-refractivity contribution in [3.8, 4) is 5.69 Å². The summed E-state index contributed by atoms with van der Waals surface area (Å²) in [5.41, 5.74) is 3.13. The monoisotopic (exact) mass is 367 g/mol. The molecule has 0 radical (unpaired) electrons. The standard InChI is InChI=1S/C20H25N5O2/c1-15(17-8-10-19(11-9-17)25-14-22-23-24-25)21-12-20(26)13-27-16(2)18-6-4-3-5-7-18/h3-11,14-16,20-21,26H,12-13H2,1-2H3. The average Bonchev–Trinajstić information content (AvgIpc) is 3.26. The molecule has 142 valence electrons. The van der Waals surface area contributed by atoms with Crippen molar-refractivity contribution >= 4 is 0 Å². The number of hydrogen-bond donors (Lipinski definition) is 2. The Balaban J connectivity index is 1.43. The number of tetrazole rings is 1. The van der Waals surface area contributed by atoms with Crippen LogP contribution in [0.3, 0.4) is 0 Å². The van der Waals surface area contributed by atoms with Gasteiger partial charge in [-0.2, -0.15) is 0 Å². The smallest absolute Gasteiger partial charge is 0.143 e. The van der Waals surface area contributed by atoms with Gasteiger partial charge in [0.15, 0.2) is 0 Å². The highest BCUT2D eigenvalue weighted by Crippen LogP contribution is 2.17. The van der Waals surface area contributed by atoms with Gasteiger partial charge in [0, 0.05) is 12.6 Å². The third-order valence-electron chi connectivity index (χ3n) is 4.47. The predicted octanol–water partition coefficient (Wildman–Crippen LogP) is 2.45. The predicted molar refractivity (Wildman–Crippen MR) is 102 cm³/mol. The van der Waals surface area contributed by atoms with Crippen molar-refractivity contribution in [2.45, 2.75) is 32.1 Å². The molecule has 0 saturated carbocycles. The Morgan fingerprint density at radius 1 is 1.04 bits per heavy atom. The van der Waals surface area contributed by atoms with Gasteiger partial charge in [-0.3, -0.25) is 0 Å². The molecular weight excluding hydrogens is 342 g/mol. The first-order chi connectivity index (χ1) is 13.1. The van der Waals surface area contributed by atoms with Crippen molar-refractivity contribution in [1.82, 2.24) is 25.5 Å². The van der Waals surface area contributed by atoms with E-state index in [-0.39, 0.29) is 18.8 Å². The van der Waals surface area contributed by atoms with Crippen LogP contribution in [0.4, 0.5) is 0 Å². The lowest BCUT2D eigenvalue weighted by Crippen LogP contribution is -2.32. The molecule has 0 aliphatic rings. The molecular formula is C20H25N5O2. The SMILES string of the molecule is CC(NCC(O)COC(C)c1ccccc1)c1ccc(-n2cnnn2)cc1. The van der Waals surface area contributed by atoms with Crippen molar-refractivity contribution < 1.29 is 9.84 Å². The summed E-state index contributed by atoms with van der Waals surface area (Å²) in [4.78, 5) is 0. The molecule has 7 heteroatoms. The molecule has 0 amide bonds. The second-order valence-electron chi connectivity index (χ2n) is 6.52. The maximum atomic E-state index is 10.2. The van der Waals surface area contributed by atoms with Crippen molar-refractivity contribution in [2.24, 2.45) is 0 Å². The number of benzene rings is 2. The van der Waals surface area contributed by atoms with Crippen LogP contribution in [0, 0.1) is 0 Å². The number of aromatic nitrogens is 4. The van der Waals surface area contributed by atoms with Crippen LogP contribution in [-0.2, 0) is 4.74 Å². The number of rotatable bonds is 9. The number of aliphatic hydroxyl groups is 1. The molecule has 0 spiro atoms. The molecule has 0 aliphatic carbocycles. The zero-order valence-electron chi connectivity index (χ0n) is 15.6. The Labute approximate surface area is 159 Å². The normalized spacial score (nSPS) is 14.6. The molecule has 1 heterocycles. The molecule has 3 rings (SSSR count). The molecule has 0 fully saturated rings. The summed E-state index contributed by atoms with van der Waals surface area (Å²) in [5.74, 6) is 0. The van der Waals surface area contributed by atoms with Gasteiger partial charge in [0.2, 0.25) is 0 Å². The number of ether oxygens (including phenoxy) is 1. The Morgan fingerprint density at radius 3 is 2.44 bits per heavy atom. The van der Waals surface area contributed by atoms with Gasteiger partial charge in [0.25, 0.3) is 0 Å². The van der Waals surface area contributed by atoms with Gasteiger partial charge >= 0.3 is 0 Å². The van der Waals surface area contributed by atoms with E-state index in [1.807, 2.05) is 61.5 Å². The Morgan fingerprint density at radius 2 is 1.78 bits per heavy atom. The van der Waals surface area contributed by atoms with E-state index in [0.717, 1.165) is 16.8 Å². The molecule has 1 aromatic heterocycles. The van der Waals surface area contributed by atoms with E-state index in [2.05, 4.69) is 27.8 Å². The third-order valence-corrected chi connectivity index (χ3v) is 4.47. The van der Waals surface area contributed by atoms with E-state index in [1.165, 1.54) is 0 Å². The van der Waals surface area contributed by atoms with Crippen LogP contribution in [0.15, 0.2) is 60.9 Å². The minimum absolute atomic E-state index is 0.0444. The maximum Gasteiger partial charge on any atom is 0.143 e. The van der Waals surface area contributed by atoms with Crippen molar-refractivity contribution in [1.29, 1.82) is 0 Å². The molecule has 27 heavy (non-hydrogen) atoms. The molecule has 0 bridgehead atoms. The Hall–Kier alpha value is -2.61. The van der Waals surface area contributed by atoms with E-state index < -0.39 is 6.10 Å². The van der Waals surface area contributed by atoms with Crippen LogP contribution in [0.1, 0.15) is 37.1 Å². The van der Waals surface area contributed by atoms with Gasteiger partial charge in [-0.1, -0.05) is 42.5 Å². The minimum atomic E-state index is -0.570. The van der Waals surface area contributed by atoms with Crippen LogP contribution in [0.2, 0.25) is 0 Å². The Kier molecular flexibility index (Phi) is 6.64. The van der Waals surface area contributed by atoms with Crippen molar-refractivity contribution in [3.05, 3.63) is 72.1 Å². The summed E-state index contributed by atoms with van der Waals surface area (Å²) in [6.45, 7) is 4.79. The molecule has 3 unspecified atom stereocenters. The summed E-state index contributed by atoms with van der Waals surface area (Å²) in [5, 5.41) is 24.7. The molecule has 3 aromatic rings. The second kappa shape index (κ2) is 9.36. The fourth-order valence-electron chi connectivity index (χ4n) is 2.76. The van der Waals surface area contributed by atoms with Gasteiger partial charge in [0.1, 0.15) is 6.33 Å². The minimum Gasteiger partial charge on any atom is -0.389 e. The average molecular weight is 367 g/mol. The summed E-state index contributed by atoms with van der Waals surface area (Å²) in [6.07, 6.45) is 0.944. The van der Waals surface area contributed by atoms with E-state index in [4.69, 9.17) is 4.74 Å². The van der Waals surface area contributed by atoms with Crippen molar-refractivity contribution in [2.75, 3.05) is 13.2 Å². The summed E-state index contributed by atoms with van der Waals surface area (Å²) in [7, 11) is 0. The third kappa shape index (κ3) is 5.43. The zero-order chi connectivity index (χ0) is 19.1. The Bertz CT molecular complexity index is 793. The maximum absolute atomic E-state index is 10.2. The first-order valence-electron chi connectivity index (χ1n) is 9.05. The van der Waals surface area contributed by atoms with E-state index >= 15 is 0 Å². The zero-order valence-corrected chi connectivity index (χ0v) is 15.6. The van der Waals surface area contributed by atoms with Gasteiger partial charge < -0.3 is 15.2 Å². The second-order valence-corrected chi connectivity index (χ2v) is 6.52. The molecule has 7 nitrogen and oxygen atoms in total.